The van der Waals surface area contributed by atoms with Crippen molar-refractivity contribution in [1.29, 1.82) is 0 Å². The summed E-state index contributed by atoms with van der Waals surface area (Å²) in [7, 11) is -3.67. The largest absolute Gasteiger partial charge is 0.264 e. The summed E-state index contributed by atoms with van der Waals surface area (Å²) >= 11 is 2.70. The third-order valence-corrected chi connectivity index (χ3v) is 7.00. The average molecular weight is 383 g/mol. The van der Waals surface area contributed by atoms with Gasteiger partial charge in [0.1, 0.15) is 10.7 Å². The lowest BCUT2D eigenvalue weighted by Crippen LogP contribution is -2.12. The van der Waals surface area contributed by atoms with Gasteiger partial charge in [0, 0.05) is 20.2 Å². The predicted molar refractivity (Wildman–Crippen MR) is 96.8 cm³/mol. The summed E-state index contributed by atoms with van der Waals surface area (Å²) in [6, 6.07) is 7.62. The van der Waals surface area contributed by atoms with E-state index in [-0.39, 0.29) is 10.7 Å². The Kier molecular flexibility index (Phi) is 4.46. The van der Waals surface area contributed by atoms with Crippen molar-refractivity contribution in [3.8, 4) is 11.3 Å². The summed E-state index contributed by atoms with van der Waals surface area (Å²) in [5.41, 5.74) is 1.40. The fraction of sp³-hybridized carbons (Fsp3) is 0.188. The van der Waals surface area contributed by atoms with Gasteiger partial charge in [0.25, 0.3) is 10.0 Å². The van der Waals surface area contributed by atoms with Crippen molar-refractivity contribution in [2.24, 2.45) is 0 Å². The van der Waals surface area contributed by atoms with Gasteiger partial charge in [-0.25, -0.2) is 17.8 Å². The molecule has 4 nitrogen and oxygen atoms in total. The SMILES string of the molecule is Cc1cc(S(=O)(=O)Nc2nc(-c3ccc(F)cc3)c(C)s2)c(C)s1. The van der Waals surface area contributed by atoms with Gasteiger partial charge >= 0.3 is 0 Å². The summed E-state index contributed by atoms with van der Waals surface area (Å²) in [5.74, 6) is -0.323. The third kappa shape index (κ3) is 3.35. The number of hydrogen-bond acceptors (Lipinski definition) is 5. The van der Waals surface area contributed by atoms with Crippen LogP contribution in [0.5, 0.6) is 0 Å². The number of aromatic nitrogens is 1. The first kappa shape index (κ1) is 17.1. The quantitative estimate of drug-likeness (QED) is 0.709. The number of halogens is 1. The van der Waals surface area contributed by atoms with E-state index in [9.17, 15) is 12.8 Å². The molecule has 0 spiro atoms. The van der Waals surface area contributed by atoms with Gasteiger partial charge in [-0.15, -0.1) is 22.7 Å². The van der Waals surface area contributed by atoms with Crippen LogP contribution >= 0.6 is 22.7 Å². The van der Waals surface area contributed by atoms with Gasteiger partial charge in [-0.1, -0.05) is 0 Å². The number of nitrogens with zero attached hydrogens (tertiary/aromatic N) is 1. The van der Waals surface area contributed by atoms with Crippen LogP contribution in [0.15, 0.2) is 35.2 Å². The van der Waals surface area contributed by atoms with Crippen LogP contribution in [0.1, 0.15) is 14.6 Å². The first-order valence-electron chi connectivity index (χ1n) is 7.09. The molecule has 126 valence electrons. The molecule has 8 heteroatoms. The summed E-state index contributed by atoms with van der Waals surface area (Å²) in [6.45, 7) is 5.51. The van der Waals surface area contributed by atoms with Crippen molar-refractivity contribution in [1.82, 2.24) is 4.98 Å². The highest BCUT2D eigenvalue weighted by Gasteiger charge is 2.21. The Balaban J connectivity index is 1.93. The van der Waals surface area contributed by atoms with Crippen LogP contribution in [-0.2, 0) is 10.0 Å². The zero-order chi connectivity index (χ0) is 17.5. The normalized spacial score (nSPS) is 11.7. The maximum atomic E-state index is 13.0. The van der Waals surface area contributed by atoms with Crippen LogP contribution in [-0.4, -0.2) is 13.4 Å². The predicted octanol–water partition coefficient (Wildman–Crippen LogP) is 4.74. The van der Waals surface area contributed by atoms with E-state index < -0.39 is 10.0 Å². The summed E-state index contributed by atoms with van der Waals surface area (Å²) in [5, 5.41) is 0.301. The molecule has 0 unspecified atom stereocenters. The second kappa shape index (κ2) is 6.27. The number of benzene rings is 1. The molecular formula is C16H15FN2O2S3. The Hall–Kier alpha value is -1.77. The molecule has 0 aliphatic rings. The average Bonchev–Trinajstić information content (AvgIpc) is 3.02. The lowest BCUT2D eigenvalue weighted by Gasteiger charge is -2.04. The number of thiophene rings is 1. The second-order valence-electron chi connectivity index (χ2n) is 5.31. The molecule has 0 fully saturated rings. The lowest BCUT2D eigenvalue weighted by molar-refractivity contribution is 0.601. The minimum Gasteiger partial charge on any atom is -0.255 e. The number of aryl methyl sites for hydroxylation is 3. The van der Waals surface area contributed by atoms with E-state index in [0.717, 1.165) is 20.2 Å². The first-order valence-corrected chi connectivity index (χ1v) is 10.2. The van der Waals surface area contributed by atoms with Gasteiger partial charge in [0.05, 0.1) is 5.69 Å². The molecule has 2 heterocycles. The van der Waals surface area contributed by atoms with Crippen molar-refractivity contribution < 1.29 is 12.8 Å². The van der Waals surface area contributed by atoms with Crippen LogP contribution < -0.4 is 4.72 Å². The van der Waals surface area contributed by atoms with Crippen LogP contribution in [0.4, 0.5) is 9.52 Å². The van der Waals surface area contributed by atoms with Crippen LogP contribution in [0.3, 0.4) is 0 Å². The molecule has 3 rings (SSSR count). The van der Waals surface area contributed by atoms with E-state index in [1.807, 2.05) is 13.8 Å². The number of sulfonamides is 1. The zero-order valence-electron chi connectivity index (χ0n) is 13.3. The molecule has 0 radical (unpaired) electrons. The number of nitrogens with one attached hydrogen (secondary N) is 1. The molecule has 24 heavy (non-hydrogen) atoms. The van der Waals surface area contributed by atoms with Crippen molar-refractivity contribution in [3.05, 3.63) is 50.8 Å². The van der Waals surface area contributed by atoms with E-state index in [4.69, 9.17) is 0 Å². The topological polar surface area (TPSA) is 59.1 Å². The Bertz CT molecular complexity index is 989. The number of hydrogen-bond donors (Lipinski definition) is 1. The number of rotatable bonds is 4. The highest BCUT2D eigenvalue weighted by Crippen LogP contribution is 2.33. The van der Waals surface area contributed by atoms with Gasteiger partial charge in [-0.3, -0.25) is 4.72 Å². The van der Waals surface area contributed by atoms with E-state index in [0.29, 0.717) is 10.8 Å². The molecule has 2 aromatic heterocycles. The molecule has 0 aliphatic carbocycles. The zero-order valence-corrected chi connectivity index (χ0v) is 15.7. The monoisotopic (exact) mass is 382 g/mol. The molecule has 0 bridgehead atoms. The maximum Gasteiger partial charge on any atom is 0.264 e. The minimum absolute atomic E-state index is 0.279. The minimum atomic E-state index is -3.67. The van der Waals surface area contributed by atoms with Gasteiger partial charge < -0.3 is 0 Å². The fourth-order valence-electron chi connectivity index (χ4n) is 2.36. The van der Waals surface area contributed by atoms with Crippen molar-refractivity contribution >= 4 is 37.8 Å². The van der Waals surface area contributed by atoms with Crippen LogP contribution in [0.2, 0.25) is 0 Å². The summed E-state index contributed by atoms with van der Waals surface area (Å²) in [6.07, 6.45) is 0. The van der Waals surface area contributed by atoms with Crippen molar-refractivity contribution in [2.45, 2.75) is 25.7 Å². The molecule has 1 aromatic carbocycles. The number of anilines is 1. The Labute approximate surface area is 148 Å². The molecule has 1 N–H and O–H groups in total. The summed E-state index contributed by atoms with van der Waals surface area (Å²) < 4.78 is 40.7. The van der Waals surface area contributed by atoms with E-state index in [1.54, 1.807) is 25.1 Å². The molecule has 0 saturated carbocycles. The third-order valence-electron chi connectivity index (χ3n) is 3.42. The molecule has 0 saturated heterocycles. The Morgan fingerprint density at radius 1 is 1.04 bits per heavy atom. The van der Waals surface area contributed by atoms with Gasteiger partial charge in [-0.05, 0) is 51.1 Å². The second-order valence-corrected chi connectivity index (χ2v) is 9.63. The van der Waals surface area contributed by atoms with Crippen LogP contribution in [0.25, 0.3) is 11.3 Å². The highest BCUT2D eigenvalue weighted by atomic mass is 32.2. The lowest BCUT2D eigenvalue weighted by atomic mass is 10.1. The highest BCUT2D eigenvalue weighted by molar-refractivity contribution is 7.93. The smallest absolute Gasteiger partial charge is 0.255 e. The first-order chi connectivity index (χ1) is 11.3. The van der Waals surface area contributed by atoms with E-state index in [1.165, 1.54) is 34.8 Å². The van der Waals surface area contributed by atoms with Gasteiger partial charge in [-0.2, -0.15) is 0 Å². The summed E-state index contributed by atoms with van der Waals surface area (Å²) in [4.78, 5) is 7.19. The maximum absolute atomic E-state index is 13.0. The molecule has 0 amide bonds. The van der Waals surface area contributed by atoms with E-state index >= 15 is 0 Å². The standard InChI is InChI=1S/C16H15FN2O2S3/c1-9-8-14(10(2)22-9)24(20,21)19-16-18-15(11(3)23-16)12-4-6-13(17)7-5-12/h4-8H,1-3H3,(H,18,19). The van der Waals surface area contributed by atoms with Crippen molar-refractivity contribution in [3.63, 3.8) is 0 Å². The van der Waals surface area contributed by atoms with E-state index in [2.05, 4.69) is 9.71 Å². The van der Waals surface area contributed by atoms with Crippen LogP contribution in [0, 0.1) is 26.6 Å². The van der Waals surface area contributed by atoms with Crippen molar-refractivity contribution in [2.75, 3.05) is 4.72 Å². The fourth-order valence-corrected chi connectivity index (χ4v) is 5.99. The molecule has 0 aliphatic heterocycles. The van der Waals surface area contributed by atoms with Gasteiger partial charge in [0.15, 0.2) is 5.13 Å². The molecular weight excluding hydrogens is 367 g/mol. The number of thiazole rings is 1. The Morgan fingerprint density at radius 3 is 2.29 bits per heavy atom. The Morgan fingerprint density at radius 2 is 1.71 bits per heavy atom. The molecule has 0 atom stereocenters. The van der Waals surface area contributed by atoms with Gasteiger partial charge in [0.2, 0.25) is 0 Å². The molecule has 3 aromatic rings.